The number of nitrogens with zero attached hydrogens (tertiary/aromatic N) is 4. The lowest BCUT2D eigenvalue weighted by Gasteiger charge is -2.24. The molecule has 1 saturated heterocycles. The fraction of sp³-hybridized carbons (Fsp3) is 0.467. The minimum absolute atomic E-state index is 0.179. The van der Waals surface area contributed by atoms with Gasteiger partial charge in [0.25, 0.3) is 0 Å². The van der Waals surface area contributed by atoms with Crippen molar-refractivity contribution < 1.29 is 12.9 Å². The van der Waals surface area contributed by atoms with Gasteiger partial charge in [-0.25, -0.2) is 8.42 Å². The van der Waals surface area contributed by atoms with Crippen LogP contribution in [0.1, 0.15) is 17.9 Å². The van der Waals surface area contributed by atoms with E-state index in [0.29, 0.717) is 42.5 Å². The van der Waals surface area contributed by atoms with E-state index in [0.717, 1.165) is 12.2 Å². The Morgan fingerprint density at radius 1 is 1.21 bits per heavy atom. The van der Waals surface area contributed by atoms with Crippen LogP contribution in [0.25, 0.3) is 0 Å². The Bertz CT molecular complexity index is 817. The van der Waals surface area contributed by atoms with E-state index in [-0.39, 0.29) is 4.90 Å². The smallest absolute Gasteiger partial charge is 0.248 e. The van der Waals surface area contributed by atoms with E-state index in [4.69, 9.17) is 16.1 Å². The molecule has 7 nitrogen and oxygen atoms in total. The number of hydrogen-bond acceptors (Lipinski definition) is 6. The summed E-state index contributed by atoms with van der Waals surface area (Å²) >= 11 is 6.20. The van der Waals surface area contributed by atoms with E-state index in [1.54, 1.807) is 26.2 Å². The molecule has 0 aliphatic carbocycles. The van der Waals surface area contributed by atoms with Gasteiger partial charge in [0.2, 0.25) is 10.0 Å². The Morgan fingerprint density at radius 3 is 2.67 bits per heavy atom. The zero-order valence-corrected chi connectivity index (χ0v) is 15.1. The van der Waals surface area contributed by atoms with Crippen LogP contribution in [0.4, 0.5) is 5.69 Å². The Balaban J connectivity index is 1.82. The van der Waals surface area contributed by atoms with Crippen molar-refractivity contribution in [2.75, 3.05) is 31.1 Å². The van der Waals surface area contributed by atoms with Crippen LogP contribution in [-0.4, -0.2) is 49.0 Å². The Labute approximate surface area is 146 Å². The van der Waals surface area contributed by atoms with E-state index in [9.17, 15) is 8.42 Å². The number of sulfonamides is 1. The van der Waals surface area contributed by atoms with Gasteiger partial charge in [-0.3, -0.25) is 4.98 Å². The fourth-order valence-electron chi connectivity index (χ4n) is 2.97. The number of aromatic nitrogens is 2. The highest BCUT2D eigenvalue weighted by molar-refractivity contribution is 7.89. The molecule has 0 aromatic carbocycles. The van der Waals surface area contributed by atoms with Gasteiger partial charge in [0, 0.05) is 38.6 Å². The molecular weight excluding hydrogens is 352 g/mol. The Hall–Kier alpha value is -1.64. The highest BCUT2D eigenvalue weighted by Gasteiger charge is 2.32. The number of hydrogen-bond donors (Lipinski definition) is 0. The van der Waals surface area contributed by atoms with Gasteiger partial charge in [-0.05, 0) is 26.3 Å². The molecule has 0 saturated carbocycles. The van der Waals surface area contributed by atoms with E-state index >= 15 is 0 Å². The molecule has 0 amide bonds. The average molecular weight is 371 g/mol. The average Bonchev–Trinajstić information content (AvgIpc) is 2.76. The largest absolute Gasteiger partial charge is 0.369 e. The zero-order valence-electron chi connectivity index (χ0n) is 13.6. The summed E-state index contributed by atoms with van der Waals surface area (Å²) in [6, 6.07) is 1.85. The van der Waals surface area contributed by atoms with Gasteiger partial charge in [0.05, 0.1) is 10.7 Å². The van der Waals surface area contributed by atoms with Crippen LogP contribution in [0.15, 0.2) is 27.9 Å². The maximum atomic E-state index is 12.9. The normalized spacial score (nSPS) is 17.0. The van der Waals surface area contributed by atoms with E-state index < -0.39 is 10.0 Å². The molecule has 24 heavy (non-hydrogen) atoms. The quantitative estimate of drug-likeness (QED) is 0.824. The molecule has 2 aromatic rings. The SMILES string of the molecule is Cc1noc(C)c1S(=O)(=O)N1CCCN(c2ccncc2Cl)CC1. The maximum absolute atomic E-state index is 12.9. The number of anilines is 1. The maximum Gasteiger partial charge on any atom is 0.248 e. The molecule has 0 radical (unpaired) electrons. The second kappa shape index (κ2) is 6.70. The lowest BCUT2D eigenvalue weighted by atomic mass is 10.3. The van der Waals surface area contributed by atoms with Crippen molar-refractivity contribution in [2.24, 2.45) is 0 Å². The second-order valence-electron chi connectivity index (χ2n) is 5.73. The molecule has 0 spiro atoms. The first kappa shape index (κ1) is 17.2. The molecule has 1 fully saturated rings. The molecule has 0 unspecified atom stereocenters. The molecule has 3 heterocycles. The summed E-state index contributed by atoms with van der Waals surface area (Å²) in [5.74, 6) is 0.325. The molecule has 0 N–H and O–H groups in total. The van der Waals surface area contributed by atoms with Gasteiger partial charge in [-0.2, -0.15) is 4.31 Å². The predicted octanol–water partition coefficient (Wildman–Crippen LogP) is 2.24. The highest BCUT2D eigenvalue weighted by atomic mass is 35.5. The minimum atomic E-state index is -3.61. The first-order valence-electron chi connectivity index (χ1n) is 7.68. The van der Waals surface area contributed by atoms with Crippen molar-refractivity contribution in [2.45, 2.75) is 25.2 Å². The Morgan fingerprint density at radius 2 is 2.00 bits per heavy atom. The van der Waals surface area contributed by atoms with Crippen molar-refractivity contribution in [3.63, 3.8) is 0 Å². The molecule has 130 valence electrons. The summed E-state index contributed by atoms with van der Waals surface area (Å²) in [6.45, 7) is 5.39. The van der Waals surface area contributed by atoms with Gasteiger partial charge in [0.15, 0.2) is 5.76 Å². The highest BCUT2D eigenvalue weighted by Crippen LogP contribution is 2.28. The molecule has 9 heteroatoms. The Kier molecular flexibility index (Phi) is 4.80. The summed E-state index contributed by atoms with van der Waals surface area (Å²) in [5.41, 5.74) is 1.27. The third kappa shape index (κ3) is 3.13. The zero-order chi connectivity index (χ0) is 17.3. The molecule has 0 atom stereocenters. The van der Waals surface area contributed by atoms with Crippen LogP contribution in [0.2, 0.25) is 5.02 Å². The van der Waals surface area contributed by atoms with Crippen molar-refractivity contribution in [1.82, 2.24) is 14.4 Å². The summed E-state index contributed by atoms with van der Waals surface area (Å²) in [7, 11) is -3.61. The molecule has 2 aromatic heterocycles. The number of pyridine rings is 1. The van der Waals surface area contributed by atoms with Gasteiger partial charge in [0.1, 0.15) is 10.6 Å². The van der Waals surface area contributed by atoms with Crippen LogP contribution in [-0.2, 0) is 10.0 Å². The van der Waals surface area contributed by atoms with Crippen LogP contribution < -0.4 is 4.90 Å². The summed E-state index contributed by atoms with van der Waals surface area (Å²) < 4.78 is 32.4. The van der Waals surface area contributed by atoms with Crippen LogP contribution >= 0.6 is 11.6 Å². The van der Waals surface area contributed by atoms with Crippen molar-refractivity contribution >= 4 is 27.3 Å². The second-order valence-corrected chi connectivity index (χ2v) is 8.01. The number of rotatable bonds is 3. The predicted molar refractivity (Wildman–Crippen MR) is 90.8 cm³/mol. The molecule has 0 bridgehead atoms. The molecular formula is C15H19ClN4O3S. The number of aryl methyl sites for hydroxylation is 2. The third-order valence-corrected chi connectivity index (χ3v) is 6.55. The molecule has 3 rings (SSSR count). The van der Waals surface area contributed by atoms with Crippen LogP contribution in [0, 0.1) is 13.8 Å². The first-order chi connectivity index (χ1) is 11.4. The van der Waals surface area contributed by atoms with Gasteiger partial charge in [-0.15, -0.1) is 0 Å². The lowest BCUT2D eigenvalue weighted by Crippen LogP contribution is -2.35. The molecule has 1 aliphatic heterocycles. The van der Waals surface area contributed by atoms with Crippen LogP contribution in [0.5, 0.6) is 0 Å². The van der Waals surface area contributed by atoms with Gasteiger partial charge in [-0.1, -0.05) is 16.8 Å². The summed E-state index contributed by atoms with van der Waals surface area (Å²) in [4.78, 5) is 6.26. The number of halogens is 1. The van der Waals surface area contributed by atoms with E-state index in [1.807, 2.05) is 6.07 Å². The topological polar surface area (TPSA) is 79.5 Å². The molecule has 1 aliphatic rings. The fourth-order valence-corrected chi connectivity index (χ4v) is 4.97. The van der Waals surface area contributed by atoms with E-state index in [1.165, 1.54) is 4.31 Å². The van der Waals surface area contributed by atoms with Gasteiger partial charge < -0.3 is 9.42 Å². The summed E-state index contributed by atoms with van der Waals surface area (Å²) in [6.07, 6.45) is 3.99. The first-order valence-corrected chi connectivity index (χ1v) is 9.50. The summed E-state index contributed by atoms with van der Waals surface area (Å²) in [5, 5.41) is 4.33. The van der Waals surface area contributed by atoms with Gasteiger partial charge >= 0.3 is 0 Å². The standard InChI is InChI=1S/C15H19ClN4O3S/c1-11-15(12(2)23-18-11)24(21,22)20-7-3-6-19(8-9-20)14-4-5-17-10-13(14)16/h4-5,10H,3,6-9H2,1-2H3. The third-order valence-electron chi connectivity index (χ3n) is 4.11. The monoisotopic (exact) mass is 370 g/mol. The van der Waals surface area contributed by atoms with Crippen molar-refractivity contribution in [3.05, 3.63) is 34.9 Å². The van der Waals surface area contributed by atoms with Crippen molar-refractivity contribution in [3.8, 4) is 0 Å². The lowest BCUT2D eigenvalue weighted by molar-refractivity contribution is 0.389. The van der Waals surface area contributed by atoms with E-state index in [2.05, 4.69) is 15.0 Å². The minimum Gasteiger partial charge on any atom is -0.369 e. The van der Waals surface area contributed by atoms with Crippen LogP contribution in [0.3, 0.4) is 0 Å². The van der Waals surface area contributed by atoms with Crippen molar-refractivity contribution in [1.29, 1.82) is 0 Å².